The van der Waals surface area contributed by atoms with E-state index in [9.17, 15) is 13.2 Å². The van der Waals surface area contributed by atoms with Gasteiger partial charge in [0.05, 0.1) is 11.7 Å². The molecule has 0 fully saturated rings. The highest BCUT2D eigenvalue weighted by Crippen LogP contribution is 2.21. The van der Waals surface area contributed by atoms with Crippen molar-refractivity contribution in [3.05, 3.63) is 35.1 Å². The molecule has 0 aliphatic rings. The summed E-state index contributed by atoms with van der Waals surface area (Å²) in [6, 6.07) is 2.16. The zero-order valence-corrected chi connectivity index (χ0v) is 14.0. The van der Waals surface area contributed by atoms with Crippen molar-refractivity contribution in [3.8, 4) is 0 Å². The van der Waals surface area contributed by atoms with Gasteiger partial charge < -0.3 is 4.74 Å². The summed E-state index contributed by atoms with van der Waals surface area (Å²) >= 11 is 0. The van der Waals surface area contributed by atoms with Gasteiger partial charge in [-0.2, -0.15) is 0 Å². The SMILES string of the molecule is CC(C)OC(C)(C)CCCCCCc1cc(F)c(F)c(F)c1. The van der Waals surface area contributed by atoms with Crippen LogP contribution in [0.4, 0.5) is 13.2 Å². The summed E-state index contributed by atoms with van der Waals surface area (Å²) in [6.07, 6.45) is 5.72. The molecule has 1 rings (SSSR count). The standard InChI is InChI=1S/C18H27F3O/c1-13(2)22-18(3,4)10-8-6-5-7-9-14-11-15(19)17(21)16(20)12-14/h11-13H,5-10H2,1-4H3. The fourth-order valence-electron chi connectivity index (χ4n) is 2.68. The summed E-state index contributed by atoms with van der Waals surface area (Å²) in [4.78, 5) is 0. The largest absolute Gasteiger partial charge is 0.373 e. The lowest BCUT2D eigenvalue weighted by Crippen LogP contribution is -2.27. The summed E-state index contributed by atoms with van der Waals surface area (Å²) < 4.78 is 44.8. The van der Waals surface area contributed by atoms with Crippen molar-refractivity contribution in [2.75, 3.05) is 0 Å². The molecule has 0 N–H and O–H groups in total. The van der Waals surface area contributed by atoms with E-state index in [1.54, 1.807) is 0 Å². The Labute approximate surface area is 131 Å². The fraction of sp³-hybridized carbons (Fsp3) is 0.667. The van der Waals surface area contributed by atoms with Crippen molar-refractivity contribution in [1.29, 1.82) is 0 Å². The van der Waals surface area contributed by atoms with Crippen LogP contribution >= 0.6 is 0 Å². The van der Waals surface area contributed by atoms with Gasteiger partial charge in [0.15, 0.2) is 17.5 Å². The Morgan fingerprint density at radius 3 is 2.05 bits per heavy atom. The molecule has 0 atom stereocenters. The van der Waals surface area contributed by atoms with Gasteiger partial charge in [-0.1, -0.05) is 19.3 Å². The predicted octanol–water partition coefficient (Wildman–Crippen LogP) is 5.80. The van der Waals surface area contributed by atoms with Crippen LogP contribution in [0.5, 0.6) is 0 Å². The molecular formula is C18H27F3O. The first-order valence-electron chi connectivity index (χ1n) is 8.02. The zero-order valence-electron chi connectivity index (χ0n) is 14.0. The van der Waals surface area contributed by atoms with E-state index in [0.29, 0.717) is 12.0 Å². The molecule has 0 amide bonds. The fourth-order valence-corrected chi connectivity index (χ4v) is 2.68. The van der Waals surface area contributed by atoms with Crippen LogP contribution in [0.3, 0.4) is 0 Å². The molecule has 1 nitrogen and oxygen atoms in total. The van der Waals surface area contributed by atoms with Crippen molar-refractivity contribution in [2.24, 2.45) is 0 Å². The van der Waals surface area contributed by atoms with E-state index < -0.39 is 17.5 Å². The van der Waals surface area contributed by atoms with Crippen LogP contribution in [0.2, 0.25) is 0 Å². The van der Waals surface area contributed by atoms with E-state index in [-0.39, 0.29) is 11.7 Å². The Balaban J connectivity index is 2.24. The van der Waals surface area contributed by atoms with Crippen molar-refractivity contribution >= 4 is 0 Å². The van der Waals surface area contributed by atoms with E-state index in [1.807, 2.05) is 13.8 Å². The predicted molar refractivity (Wildman–Crippen MR) is 83.4 cm³/mol. The van der Waals surface area contributed by atoms with Crippen molar-refractivity contribution < 1.29 is 17.9 Å². The number of ether oxygens (including phenoxy) is 1. The third-order valence-corrected chi connectivity index (χ3v) is 3.59. The highest BCUT2D eigenvalue weighted by atomic mass is 19.2. The van der Waals surface area contributed by atoms with Crippen LogP contribution in [0.1, 0.15) is 65.4 Å². The van der Waals surface area contributed by atoms with Gasteiger partial charge in [0.25, 0.3) is 0 Å². The smallest absolute Gasteiger partial charge is 0.194 e. The Hall–Kier alpha value is -1.03. The minimum absolute atomic E-state index is 0.114. The molecule has 0 saturated heterocycles. The highest BCUT2D eigenvalue weighted by Gasteiger charge is 2.19. The van der Waals surface area contributed by atoms with E-state index in [4.69, 9.17) is 4.74 Å². The second-order valence-corrected chi connectivity index (χ2v) is 6.71. The molecule has 1 aromatic rings. The number of rotatable bonds is 9. The van der Waals surface area contributed by atoms with E-state index >= 15 is 0 Å². The number of benzene rings is 1. The average Bonchev–Trinajstić information content (AvgIpc) is 2.38. The molecular weight excluding hydrogens is 289 g/mol. The molecule has 1 aromatic carbocycles. The highest BCUT2D eigenvalue weighted by molar-refractivity contribution is 5.19. The van der Waals surface area contributed by atoms with Gasteiger partial charge >= 0.3 is 0 Å². The lowest BCUT2D eigenvalue weighted by atomic mass is 9.98. The quantitative estimate of drug-likeness (QED) is 0.413. The summed E-state index contributed by atoms with van der Waals surface area (Å²) in [7, 11) is 0. The van der Waals surface area contributed by atoms with Gasteiger partial charge in [-0.3, -0.25) is 0 Å². The van der Waals surface area contributed by atoms with Crippen molar-refractivity contribution in [1.82, 2.24) is 0 Å². The van der Waals surface area contributed by atoms with Crippen molar-refractivity contribution in [2.45, 2.75) is 77.9 Å². The van der Waals surface area contributed by atoms with Gasteiger partial charge in [-0.25, -0.2) is 13.2 Å². The summed E-state index contributed by atoms with van der Waals surface area (Å²) in [5.41, 5.74) is 0.400. The van der Waals surface area contributed by atoms with Crippen LogP contribution < -0.4 is 0 Å². The third kappa shape index (κ3) is 6.82. The van der Waals surface area contributed by atoms with E-state index in [0.717, 1.165) is 44.2 Å². The lowest BCUT2D eigenvalue weighted by molar-refractivity contribution is -0.0615. The van der Waals surface area contributed by atoms with E-state index in [2.05, 4.69) is 13.8 Å². The van der Waals surface area contributed by atoms with Crippen LogP contribution in [0.25, 0.3) is 0 Å². The number of unbranched alkanes of at least 4 members (excludes halogenated alkanes) is 3. The molecule has 0 bridgehead atoms. The first-order valence-corrected chi connectivity index (χ1v) is 8.02. The van der Waals surface area contributed by atoms with Gasteiger partial charge in [-0.15, -0.1) is 0 Å². The molecule has 4 heteroatoms. The normalized spacial score (nSPS) is 12.2. The van der Waals surface area contributed by atoms with Gasteiger partial charge in [0.1, 0.15) is 0 Å². The van der Waals surface area contributed by atoms with Gasteiger partial charge in [0, 0.05) is 0 Å². The maximum Gasteiger partial charge on any atom is 0.194 e. The minimum atomic E-state index is -1.39. The Morgan fingerprint density at radius 2 is 1.50 bits per heavy atom. The second-order valence-electron chi connectivity index (χ2n) is 6.71. The molecule has 22 heavy (non-hydrogen) atoms. The molecule has 0 radical (unpaired) electrons. The van der Waals surface area contributed by atoms with Crippen LogP contribution in [-0.4, -0.2) is 11.7 Å². The topological polar surface area (TPSA) is 9.23 Å². The molecule has 0 spiro atoms. The molecule has 0 aliphatic heterocycles. The molecule has 0 aromatic heterocycles. The lowest BCUT2D eigenvalue weighted by Gasteiger charge is -2.27. The van der Waals surface area contributed by atoms with Crippen molar-refractivity contribution in [3.63, 3.8) is 0 Å². The monoisotopic (exact) mass is 316 g/mol. The minimum Gasteiger partial charge on any atom is -0.373 e. The first-order chi connectivity index (χ1) is 10.2. The zero-order chi connectivity index (χ0) is 16.8. The number of hydrogen-bond acceptors (Lipinski definition) is 1. The molecule has 0 saturated carbocycles. The van der Waals surface area contributed by atoms with Gasteiger partial charge in [0.2, 0.25) is 0 Å². The van der Waals surface area contributed by atoms with Crippen LogP contribution in [0.15, 0.2) is 12.1 Å². The first kappa shape index (κ1) is 19.0. The number of hydrogen-bond donors (Lipinski definition) is 0. The number of halogens is 3. The molecule has 126 valence electrons. The maximum absolute atomic E-state index is 13.1. The molecule has 0 unspecified atom stereocenters. The van der Waals surface area contributed by atoms with Gasteiger partial charge in [-0.05, 0) is 64.7 Å². The van der Waals surface area contributed by atoms with Crippen LogP contribution in [-0.2, 0) is 11.2 Å². The summed E-state index contributed by atoms with van der Waals surface area (Å²) in [6.45, 7) is 8.25. The Bertz CT molecular complexity index is 446. The molecule has 0 heterocycles. The number of aryl methyl sites for hydroxylation is 1. The summed E-state index contributed by atoms with van der Waals surface area (Å²) in [5.74, 6) is -3.61. The second kappa shape index (κ2) is 8.56. The average molecular weight is 316 g/mol. The maximum atomic E-state index is 13.1. The third-order valence-electron chi connectivity index (χ3n) is 3.59. The Morgan fingerprint density at radius 1 is 0.955 bits per heavy atom. The summed E-state index contributed by atoms with van der Waals surface area (Å²) in [5, 5.41) is 0. The van der Waals surface area contributed by atoms with E-state index in [1.165, 1.54) is 0 Å². The Kier molecular flexibility index (Phi) is 7.40. The van der Waals surface area contributed by atoms with Crippen LogP contribution in [0, 0.1) is 17.5 Å². The molecule has 0 aliphatic carbocycles.